The van der Waals surface area contributed by atoms with Gasteiger partial charge in [0.15, 0.2) is 0 Å². The van der Waals surface area contributed by atoms with Gasteiger partial charge < -0.3 is 19.2 Å². The van der Waals surface area contributed by atoms with Crippen LogP contribution in [0, 0.1) is 17.8 Å². The number of amides is 2. The Bertz CT molecular complexity index is 2060. The summed E-state index contributed by atoms with van der Waals surface area (Å²) in [7, 11) is -4.07. The van der Waals surface area contributed by atoms with Crippen LogP contribution in [-0.4, -0.2) is 61.5 Å². The van der Waals surface area contributed by atoms with Gasteiger partial charge >= 0.3 is 7.12 Å². The van der Waals surface area contributed by atoms with Crippen molar-refractivity contribution in [1.82, 2.24) is 4.90 Å². The lowest BCUT2D eigenvalue weighted by Gasteiger charge is -2.46. The van der Waals surface area contributed by atoms with E-state index < -0.39 is 33.4 Å². The molecular weight excluding hydrogens is 737 g/mol. The van der Waals surface area contributed by atoms with E-state index in [4.69, 9.17) is 20.7 Å². The van der Waals surface area contributed by atoms with Crippen LogP contribution in [0.4, 0.5) is 0 Å². The number of fused-ring (bicyclic) bond motifs is 3. The minimum absolute atomic E-state index is 0.0943. The van der Waals surface area contributed by atoms with Gasteiger partial charge in [0.25, 0.3) is 8.32 Å². The first-order valence-electron chi connectivity index (χ1n) is 19.8. The Morgan fingerprint density at radius 1 is 0.929 bits per heavy atom. The van der Waals surface area contributed by atoms with Crippen molar-refractivity contribution >= 4 is 60.9 Å². The molecule has 0 aromatic heterocycles. The van der Waals surface area contributed by atoms with Crippen molar-refractivity contribution < 1.29 is 28.8 Å². The summed E-state index contributed by atoms with van der Waals surface area (Å²) in [6.07, 6.45) is 3.92. The minimum Gasteiger partial charge on any atom is -0.508 e. The van der Waals surface area contributed by atoms with Crippen LogP contribution >= 0.6 is 11.6 Å². The molecule has 0 bridgehead atoms. The monoisotopic (exact) mass is 787 g/mol. The Kier molecular flexibility index (Phi) is 11.9. The van der Waals surface area contributed by atoms with Crippen molar-refractivity contribution in [3.8, 4) is 5.75 Å². The number of hydrogen-bond acceptors (Lipinski definition) is 6. The fourth-order valence-corrected chi connectivity index (χ4v) is 14.2. The van der Waals surface area contributed by atoms with Crippen molar-refractivity contribution in [1.29, 1.82) is 0 Å². The van der Waals surface area contributed by atoms with E-state index in [1.54, 1.807) is 12.1 Å². The molecule has 2 fully saturated rings. The minimum atomic E-state index is -2.97. The second-order valence-corrected chi connectivity index (χ2v) is 21.1. The first-order chi connectivity index (χ1) is 26.9. The van der Waals surface area contributed by atoms with Gasteiger partial charge in [-0.05, 0) is 105 Å². The van der Waals surface area contributed by atoms with Crippen LogP contribution in [0.1, 0.15) is 64.5 Å². The molecule has 290 valence electrons. The predicted molar refractivity (Wildman–Crippen MR) is 227 cm³/mol. The molecule has 4 aromatic carbocycles. The normalized spacial score (nSPS) is 21.7. The summed E-state index contributed by atoms with van der Waals surface area (Å²) in [5.74, 6) is -1.60. The average Bonchev–Trinajstić information content (AvgIpc) is 3.42. The summed E-state index contributed by atoms with van der Waals surface area (Å²) < 4.78 is 14.0. The number of imide groups is 1. The van der Waals surface area contributed by atoms with E-state index in [-0.39, 0.29) is 41.4 Å². The zero-order chi connectivity index (χ0) is 39.6. The highest BCUT2D eigenvalue weighted by Gasteiger charge is 2.58. The molecule has 2 aliphatic heterocycles. The van der Waals surface area contributed by atoms with E-state index in [1.807, 2.05) is 43.3 Å². The van der Waals surface area contributed by atoms with E-state index in [0.717, 1.165) is 38.2 Å². The first kappa shape index (κ1) is 40.0. The number of hydrogen-bond donors (Lipinski definition) is 2. The molecule has 0 spiro atoms. The second-order valence-electron chi connectivity index (χ2n) is 16.4. The van der Waals surface area contributed by atoms with Crippen molar-refractivity contribution in [2.75, 3.05) is 13.2 Å². The summed E-state index contributed by atoms with van der Waals surface area (Å²) in [5, 5.41) is 23.9. The molecule has 4 atom stereocenters. The summed E-state index contributed by atoms with van der Waals surface area (Å²) in [5.41, 5.74) is 4.79. The number of allylic oxidation sites excluding steroid dienone is 1. The molecule has 2 N–H and O–H groups in total. The van der Waals surface area contributed by atoms with Crippen LogP contribution in [0.25, 0.3) is 11.6 Å². The van der Waals surface area contributed by atoms with Crippen LogP contribution < -0.4 is 10.4 Å². The van der Waals surface area contributed by atoms with E-state index >= 15 is 0 Å². The summed E-state index contributed by atoms with van der Waals surface area (Å²) in [4.78, 5) is 29.6. The molecule has 2 saturated heterocycles. The lowest BCUT2D eigenvalue weighted by atomic mass is 9.58. The van der Waals surface area contributed by atoms with E-state index in [2.05, 4.69) is 81.4 Å². The zero-order valence-corrected chi connectivity index (χ0v) is 34.4. The van der Waals surface area contributed by atoms with Crippen molar-refractivity contribution in [3.63, 3.8) is 0 Å². The number of halogens is 1. The van der Waals surface area contributed by atoms with Gasteiger partial charge in [-0.1, -0.05) is 130 Å². The Hall–Kier alpha value is -4.25. The van der Waals surface area contributed by atoms with Crippen LogP contribution in [-0.2, 0) is 18.7 Å². The number of carbonyl (C=O) groups is 2. The first-order valence-corrected chi connectivity index (χ1v) is 22.1. The molecule has 56 heavy (non-hydrogen) atoms. The third kappa shape index (κ3) is 7.72. The van der Waals surface area contributed by atoms with Crippen molar-refractivity contribution in [3.05, 3.63) is 136 Å². The Morgan fingerprint density at radius 3 is 2.14 bits per heavy atom. The average molecular weight is 788 g/mol. The van der Waals surface area contributed by atoms with Gasteiger partial charge in [-0.15, -0.1) is 0 Å². The highest BCUT2D eigenvalue weighted by atomic mass is 35.5. The van der Waals surface area contributed by atoms with Gasteiger partial charge in [-0.25, -0.2) is 0 Å². The maximum Gasteiger partial charge on any atom is 0.455 e. The number of phenols is 1. The zero-order valence-electron chi connectivity index (χ0n) is 32.7. The largest absolute Gasteiger partial charge is 0.508 e. The van der Waals surface area contributed by atoms with Crippen LogP contribution in [0.15, 0.2) is 120 Å². The maximum absolute atomic E-state index is 14.1. The molecule has 1 aliphatic carbocycles. The van der Waals surface area contributed by atoms with Crippen molar-refractivity contribution in [2.45, 2.75) is 70.8 Å². The smallest absolute Gasteiger partial charge is 0.455 e. The topological polar surface area (TPSA) is 96.3 Å². The van der Waals surface area contributed by atoms with Gasteiger partial charge in [0.2, 0.25) is 11.8 Å². The molecular formula is C46H51BClNO6Si. The highest BCUT2D eigenvalue weighted by Crippen LogP contribution is 2.51. The number of carbonyl (C=O) groups excluding carboxylic acids is 2. The number of benzene rings is 4. The lowest BCUT2D eigenvalue weighted by molar-refractivity contribution is -0.140. The number of phenolic OH excluding ortho intramolecular Hbond substituents is 1. The molecule has 0 unspecified atom stereocenters. The summed E-state index contributed by atoms with van der Waals surface area (Å²) in [6, 6.07) is 36.0. The van der Waals surface area contributed by atoms with Gasteiger partial charge in [0.05, 0.1) is 29.6 Å². The fourth-order valence-electron chi connectivity index (χ4n) is 9.42. The summed E-state index contributed by atoms with van der Waals surface area (Å²) >= 11 is 6.60. The molecule has 7 nitrogen and oxygen atoms in total. The number of aromatic hydroxyl groups is 1. The molecule has 0 radical (unpaired) electrons. The van der Waals surface area contributed by atoms with Crippen LogP contribution in [0.5, 0.6) is 5.75 Å². The van der Waals surface area contributed by atoms with Gasteiger partial charge in [-0.2, -0.15) is 0 Å². The highest BCUT2D eigenvalue weighted by molar-refractivity contribution is 6.99. The molecule has 10 heteroatoms. The third-order valence-electron chi connectivity index (χ3n) is 11.9. The maximum atomic E-state index is 14.1. The van der Waals surface area contributed by atoms with E-state index in [9.17, 15) is 19.7 Å². The third-order valence-corrected chi connectivity index (χ3v) is 17.2. The van der Waals surface area contributed by atoms with Gasteiger partial charge in [0, 0.05) is 6.54 Å². The number of rotatable bonds is 12. The number of likely N-dealkylation sites (tertiary alicyclic amines) is 1. The lowest BCUT2D eigenvalue weighted by Crippen LogP contribution is -2.66. The SMILES string of the molecule is CCCN1C(=O)[C@@H]2[C@@H](CC(CO[Si](c3ccccc3)(c3ccccc3)C(C)(C)C)=C3[C@@H](CC/C(=C/c4ccc(O)cc4Cl)c4ccccc4)OB(O)C[C@@H]32)C1=O. The van der Waals surface area contributed by atoms with Gasteiger partial charge in [0.1, 0.15) is 5.75 Å². The molecule has 2 amide bonds. The summed E-state index contributed by atoms with van der Waals surface area (Å²) in [6.45, 7) is 9.39. The Labute approximate surface area is 337 Å². The Balaban J connectivity index is 1.32. The van der Waals surface area contributed by atoms with E-state index in [0.29, 0.717) is 37.3 Å². The molecule has 0 saturated carbocycles. The Morgan fingerprint density at radius 2 is 1.55 bits per heavy atom. The van der Waals surface area contributed by atoms with Crippen LogP contribution in [0.2, 0.25) is 16.4 Å². The van der Waals surface area contributed by atoms with Gasteiger partial charge in [-0.3, -0.25) is 14.5 Å². The van der Waals surface area contributed by atoms with Crippen molar-refractivity contribution in [2.24, 2.45) is 17.8 Å². The van der Waals surface area contributed by atoms with E-state index in [1.165, 1.54) is 11.0 Å². The second kappa shape index (κ2) is 16.7. The standard InChI is InChI=1S/C46H51BClNO6Si/c1-5-25-49-44(51)38-27-34(30-54-56(46(2,3)4,36-17-11-7-12-18-36)37-19-13-8-14-20-37)42-39(43(38)45(49)52)29-47(53)55-41(42)24-22-32(31-15-9-6-10-16-31)26-33-21-23-35(50)28-40(33)48/h6-21,23,26,28,38-39,41,43,50,53H,5,22,24-25,27,29-30H2,1-4H3/b32-26-/t38-,39+,41-,43-/m1/s1. The molecule has 2 heterocycles. The molecule has 3 aliphatic rings. The quantitative estimate of drug-likeness (QED) is 0.0652. The molecule has 4 aromatic rings. The predicted octanol–water partition coefficient (Wildman–Crippen LogP) is 8.15. The molecule has 7 rings (SSSR count). The number of nitrogens with zero attached hydrogens (tertiary/aromatic N) is 1. The fraction of sp³-hybridized carbons (Fsp3) is 0.348. The van der Waals surface area contributed by atoms with Crippen LogP contribution in [0.3, 0.4) is 0 Å².